The van der Waals surface area contributed by atoms with Gasteiger partial charge in [-0.15, -0.1) is 5.10 Å². The van der Waals surface area contributed by atoms with E-state index in [2.05, 4.69) is 10.3 Å². The third-order valence-electron chi connectivity index (χ3n) is 3.65. The first-order valence-corrected chi connectivity index (χ1v) is 6.78. The average molecular weight is 276 g/mol. The minimum Gasteiger partial charge on any atom is -0.296 e. The van der Waals surface area contributed by atoms with E-state index < -0.39 is 0 Å². The molecule has 0 amide bonds. The van der Waals surface area contributed by atoms with E-state index in [9.17, 15) is 4.79 Å². The van der Waals surface area contributed by atoms with Crippen LogP contribution in [0.1, 0.15) is 46.9 Å². The van der Waals surface area contributed by atoms with E-state index in [-0.39, 0.29) is 0 Å². The van der Waals surface area contributed by atoms with Crippen LogP contribution in [0.25, 0.3) is 0 Å². The zero-order chi connectivity index (χ0) is 13.2. The molecule has 1 aromatic carbocycles. The molecule has 1 fully saturated rings. The molecule has 1 heterocycles. The summed E-state index contributed by atoms with van der Waals surface area (Å²) in [5.41, 5.74) is 2.57. The van der Waals surface area contributed by atoms with Crippen molar-refractivity contribution in [1.29, 1.82) is 0 Å². The van der Waals surface area contributed by atoms with Crippen molar-refractivity contribution >= 4 is 17.9 Å². The van der Waals surface area contributed by atoms with Crippen LogP contribution in [0.3, 0.4) is 0 Å². The lowest BCUT2D eigenvalue weighted by Crippen LogP contribution is -2.17. The lowest BCUT2D eigenvalue weighted by Gasteiger charge is -2.26. The van der Waals surface area contributed by atoms with E-state index in [1.807, 2.05) is 28.9 Å². The van der Waals surface area contributed by atoms with Gasteiger partial charge < -0.3 is 0 Å². The van der Waals surface area contributed by atoms with Gasteiger partial charge in [0.1, 0.15) is 5.69 Å². The number of halogens is 1. The third kappa shape index (κ3) is 2.40. The Bertz CT molecular complexity index is 587. The number of hydrogen-bond acceptors (Lipinski definition) is 3. The van der Waals surface area contributed by atoms with Crippen molar-refractivity contribution in [3.05, 3.63) is 46.2 Å². The fourth-order valence-corrected chi connectivity index (χ4v) is 2.52. The minimum absolute atomic E-state index is 0.433. The van der Waals surface area contributed by atoms with Gasteiger partial charge >= 0.3 is 0 Å². The van der Waals surface area contributed by atoms with Gasteiger partial charge in [0.05, 0.1) is 12.2 Å². The zero-order valence-electron chi connectivity index (χ0n) is 10.4. The van der Waals surface area contributed by atoms with Crippen molar-refractivity contribution in [3.8, 4) is 0 Å². The summed E-state index contributed by atoms with van der Waals surface area (Å²) in [6, 6.07) is 7.65. The molecule has 5 heteroatoms. The monoisotopic (exact) mass is 275 g/mol. The molecule has 1 aliphatic rings. The van der Waals surface area contributed by atoms with Crippen molar-refractivity contribution in [1.82, 2.24) is 15.0 Å². The van der Waals surface area contributed by atoms with Crippen LogP contribution in [0.15, 0.2) is 24.3 Å². The Kier molecular flexibility index (Phi) is 3.34. The molecular formula is C14H14ClN3O. The number of aldehydes is 1. The highest BCUT2D eigenvalue weighted by Crippen LogP contribution is 2.37. The van der Waals surface area contributed by atoms with Crippen LogP contribution in [0, 0.1) is 0 Å². The molecule has 1 aromatic heterocycles. The normalized spacial score (nSPS) is 15.2. The van der Waals surface area contributed by atoms with Gasteiger partial charge in [0, 0.05) is 10.9 Å². The summed E-state index contributed by atoms with van der Waals surface area (Å²) in [5, 5.41) is 8.80. The van der Waals surface area contributed by atoms with Gasteiger partial charge in [0.15, 0.2) is 6.29 Å². The second-order valence-electron chi connectivity index (χ2n) is 4.89. The summed E-state index contributed by atoms with van der Waals surface area (Å²) in [6.07, 6.45) is 4.26. The molecule has 0 unspecified atom stereocenters. The maximum atomic E-state index is 11.0. The van der Waals surface area contributed by atoms with Gasteiger partial charge in [-0.3, -0.25) is 4.79 Å². The maximum Gasteiger partial charge on any atom is 0.172 e. The van der Waals surface area contributed by atoms with Crippen LogP contribution < -0.4 is 0 Å². The first-order valence-electron chi connectivity index (χ1n) is 6.41. The third-order valence-corrected chi connectivity index (χ3v) is 3.90. The van der Waals surface area contributed by atoms with Crippen molar-refractivity contribution in [2.75, 3.05) is 0 Å². The number of nitrogens with zero attached hydrogens (tertiary/aromatic N) is 3. The van der Waals surface area contributed by atoms with Crippen molar-refractivity contribution < 1.29 is 4.79 Å². The van der Waals surface area contributed by atoms with E-state index in [1.165, 1.54) is 6.42 Å². The van der Waals surface area contributed by atoms with E-state index >= 15 is 0 Å². The van der Waals surface area contributed by atoms with Gasteiger partial charge in [0.2, 0.25) is 0 Å². The quantitative estimate of drug-likeness (QED) is 0.806. The molecule has 19 heavy (non-hydrogen) atoms. The summed E-state index contributed by atoms with van der Waals surface area (Å²) in [7, 11) is 0. The summed E-state index contributed by atoms with van der Waals surface area (Å²) in [6.45, 7) is 0.629. The highest BCUT2D eigenvalue weighted by atomic mass is 35.5. The minimum atomic E-state index is 0.433. The molecule has 98 valence electrons. The Labute approximate surface area is 116 Å². The molecule has 0 aliphatic heterocycles. The molecule has 1 saturated carbocycles. The number of rotatable bonds is 4. The number of carbonyl (C=O) groups excluding carboxylic acids is 1. The Morgan fingerprint density at radius 1 is 1.32 bits per heavy atom. The molecule has 1 aliphatic carbocycles. The summed E-state index contributed by atoms with van der Waals surface area (Å²) in [4.78, 5) is 11.0. The molecule has 2 aromatic rings. The Balaban J connectivity index is 1.89. The van der Waals surface area contributed by atoms with Crippen LogP contribution in [0.2, 0.25) is 5.02 Å². The SMILES string of the molecule is O=Cc1nnn(Cc2ccc(Cl)cc2)c1C1CCC1. The van der Waals surface area contributed by atoms with Gasteiger partial charge in [-0.05, 0) is 30.5 Å². The van der Waals surface area contributed by atoms with Crippen molar-refractivity contribution in [2.45, 2.75) is 31.7 Å². The Morgan fingerprint density at radius 3 is 2.63 bits per heavy atom. The largest absolute Gasteiger partial charge is 0.296 e. The Hall–Kier alpha value is -1.68. The number of hydrogen-bond donors (Lipinski definition) is 0. The molecule has 0 saturated heterocycles. The second-order valence-corrected chi connectivity index (χ2v) is 5.33. The van der Waals surface area contributed by atoms with Crippen LogP contribution in [-0.4, -0.2) is 21.3 Å². The molecule has 0 radical (unpaired) electrons. The topological polar surface area (TPSA) is 47.8 Å². The predicted molar refractivity (Wildman–Crippen MR) is 72.6 cm³/mol. The summed E-state index contributed by atoms with van der Waals surface area (Å²) < 4.78 is 1.84. The first kappa shape index (κ1) is 12.4. The predicted octanol–water partition coefficient (Wildman–Crippen LogP) is 3.06. The molecule has 0 N–H and O–H groups in total. The second kappa shape index (κ2) is 5.13. The number of aromatic nitrogens is 3. The van der Waals surface area contributed by atoms with Crippen LogP contribution in [0.4, 0.5) is 0 Å². The summed E-state index contributed by atoms with van der Waals surface area (Å²) in [5.74, 6) is 0.433. The lowest BCUT2D eigenvalue weighted by atomic mass is 9.82. The average Bonchev–Trinajstić information content (AvgIpc) is 2.73. The molecule has 0 spiro atoms. The van der Waals surface area contributed by atoms with Crippen molar-refractivity contribution in [2.24, 2.45) is 0 Å². The van der Waals surface area contributed by atoms with E-state index in [0.717, 1.165) is 35.4 Å². The lowest BCUT2D eigenvalue weighted by molar-refractivity contribution is 0.111. The Morgan fingerprint density at radius 2 is 2.05 bits per heavy atom. The highest BCUT2D eigenvalue weighted by molar-refractivity contribution is 6.30. The smallest absolute Gasteiger partial charge is 0.172 e. The van der Waals surface area contributed by atoms with Crippen LogP contribution >= 0.6 is 11.6 Å². The highest BCUT2D eigenvalue weighted by Gasteiger charge is 2.27. The van der Waals surface area contributed by atoms with Gasteiger partial charge in [0.25, 0.3) is 0 Å². The van der Waals surface area contributed by atoms with E-state index in [4.69, 9.17) is 11.6 Å². The standard InChI is InChI=1S/C14H14ClN3O/c15-12-6-4-10(5-7-12)8-18-14(11-2-1-3-11)13(9-19)16-17-18/h4-7,9,11H,1-3,8H2. The molecular weight excluding hydrogens is 262 g/mol. The fourth-order valence-electron chi connectivity index (χ4n) is 2.40. The van der Waals surface area contributed by atoms with Gasteiger partial charge in [-0.25, -0.2) is 4.68 Å². The maximum absolute atomic E-state index is 11.0. The van der Waals surface area contributed by atoms with Crippen LogP contribution in [-0.2, 0) is 6.54 Å². The first-order chi connectivity index (χ1) is 9.28. The molecule has 3 rings (SSSR count). The number of carbonyl (C=O) groups is 1. The fraction of sp³-hybridized carbons (Fsp3) is 0.357. The molecule has 0 atom stereocenters. The van der Waals surface area contributed by atoms with Gasteiger partial charge in [-0.1, -0.05) is 35.4 Å². The van der Waals surface area contributed by atoms with Gasteiger partial charge in [-0.2, -0.15) is 0 Å². The van der Waals surface area contributed by atoms with E-state index in [1.54, 1.807) is 0 Å². The zero-order valence-corrected chi connectivity index (χ0v) is 11.2. The summed E-state index contributed by atoms with van der Waals surface area (Å²) >= 11 is 5.87. The molecule has 0 bridgehead atoms. The number of benzene rings is 1. The van der Waals surface area contributed by atoms with E-state index in [0.29, 0.717) is 18.2 Å². The molecule has 4 nitrogen and oxygen atoms in total. The van der Waals surface area contributed by atoms with Crippen LogP contribution in [0.5, 0.6) is 0 Å². The van der Waals surface area contributed by atoms with Crippen molar-refractivity contribution in [3.63, 3.8) is 0 Å².